The first-order valence-corrected chi connectivity index (χ1v) is 6.84. The Morgan fingerprint density at radius 3 is 2.63 bits per heavy atom. The number of urea groups is 1. The summed E-state index contributed by atoms with van der Waals surface area (Å²) in [5, 5.41) is 12.1. The van der Waals surface area contributed by atoms with Gasteiger partial charge in [-0.1, -0.05) is 13.3 Å². The standard InChI is InChI=1S/C13H22N2O4/c1-8-4-3-5-10(8)14-13(18)15(2)11-7-19-6-9(11)12(16)17/h8-11H,3-7H2,1-2H3,(H,14,18)(H,16,17). The van der Waals surface area contributed by atoms with E-state index in [2.05, 4.69) is 12.2 Å². The van der Waals surface area contributed by atoms with E-state index in [1.54, 1.807) is 7.05 Å². The highest BCUT2D eigenvalue weighted by Gasteiger charge is 2.39. The molecule has 0 aromatic heterocycles. The van der Waals surface area contributed by atoms with Crippen LogP contribution >= 0.6 is 0 Å². The third-order valence-electron chi connectivity index (χ3n) is 4.36. The summed E-state index contributed by atoms with van der Waals surface area (Å²) in [6.45, 7) is 2.61. The van der Waals surface area contributed by atoms with Crippen molar-refractivity contribution in [2.24, 2.45) is 11.8 Å². The first-order chi connectivity index (χ1) is 9.00. The molecule has 4 atom stereocenters. The van der Waals surface area contributed by atoms with Crippen LogP contribution in [0.4, 0.5) is 4.79 Å². The molecule has 1 aliphatic carbocycles. The molecule has 2 amide bonds. The van der Waals surface area contributed by atoms with E-state index in [9.17, 15) is 9.59 Å². The molecule has 1 saturated carbocycles. The van der Waals surface area contributed by atoms with Crippen molar-refractivity contribution in [2.45, 2.75) is 38.3 Å². The molecule has 108 valence electrons. The molecule has 0 aromatic carbocycles. The quantitative estimate of drug-likeness (QED) is 0.799. The van der Waals surface area contributed by atoms with Crippen molar-refractivity contribution in [2.75, 3.05) is 20.3 Å². The normalized spacial score (nSPS) is 34.2. The van der Waals surface area contributed by atoms with Crippen molar-refractivity contribution in [1.82, 2.24) is 10.2 Å². The van der Waals surface area contributed by atoms with Gasteiger partial charge in [-0.3, -0.25) is 4.79 Å². The molecule has 4 unspecified atom stereocenters. The SMILES string of the molecule is CC1CCCC1NC(=O)N(C)C1COCC1C(=O)O. The largest absolute Gasteiger partial charge is 0.481 e. The highest BCUT2D eigenvalue weighted by molar-refractivity contribution is 5.77. The lowest BCUT2D eigenvalue weighted by Crippen LogP contribution is -2.51. The molecular formula is C13H22N2O4. The lowest BCUT2D eigenvalue weighted by atomic mass is 10.0. The van der Waals surface area contributed by atoms with Gasteiger partial charge in [-0.15, -0.1) is 0 Å². The molecule has 1 saturated heterocycles. The highest BCUT2D eigenvalue weighted by atomic mass is 16.5. The average Bonchev–Trinajstić information content (AvgIpc) is 2.98. The summed E-state index contributed by atoms with van der Waals surface area (Å²) >= 11 is 0. The monoisotopic (exact) mass is 270 g/mol. The molecule has 2 N–H and O–H groups in total. The van der Waals surface area contributed by atoms with Gasteiger partial charge in [-0.05, 0) is 18.8 Å². The number of hydrogen-bond acceptors (Lipinski definition) is 3. The van der Waals surface area contributed by atoms with Gasteiger partial charge < -0.3 is 20.1 Å². The van der Waals surface area contributed by atoms with Crippen molar-refractivity contribution in [1.29, 1.82) is 0 Å². The summed E-state index contributed by atoms with van der Waals surface area (Å²) in [6, 6.07) is -0.366. The number of hydrogen-bond donors (Lipinski definition) is 2. The summed E-state index contributed by atoms with van der Waals surface area (Å²) in [5.74, 6) is -1.04. The number of carbonyl (C=O) groups is 2. The topological polar surface area (TPSA) is 78.9 Å². The predicted octanol–water partition coefficient (Wildman–Crippen LogP) is 0.916. The second-order valence-corrected chi connectivity index (χ2v) is 5.62. The zero-order valence-corrected chi connectivity index (χ0v) is 11.5. The summed E-state index contributed by atoms with van der Waals surface area (Å²) in [5.41, 5.74) is 0. The molecule has 1 heterocycles. The first kappa shape index (κ1) is 14.1. The number of carbonyl (C=O) groups excluding carboxylic acids is 1. The number of ether oxygens (including phenoxy) is 1. The van der Waals surface area contributed by atoms with E-state index in [-0.39, 0.29) is 24.7 Å². The zero-order chi connectivity index (χ0) is 14.0. The maximum Gasteiger partial charge on any atom is 0.317 e. The number of nitrogens with one attached hydrogen (secondary N) is 1. The number of aliphatic carboxylic acids is 1. The molecule has 2 fully saturated rings. The Kier molecular flexibility index (Phi) is 4.29. The van der Waals surface area contributed by atoms with Crippen molar-refractivity contribution < 1.29 is 19.4 Å². The van der Waals surface area contributed by atoms with E-state index in [1.165, 1.54) is 4.90 Å². The van der Waals surface area contributed by atoms with Crippen molar-refractivity contribution in [3.8, 4) is 0 Å². The van der Waals surface area contributed by atoms with Crippen LogP contribution < -0.4 is 5.32 Å². The van der Waals surface area contributed by atoms with Crippen molar-refractivity contribution in [3.05, 3.63) is 0 Å². The van der Waals surface area contributed by atoms with Crippen LogP contribution in [0.2, 0.25) is 0 Å². The van der Waals surface area contributed by atoms with Gasteiger partial charge in [0.05, 0.1) is 19.3 Å². The van der Waals surface area contributed by atoms with Gasteiger partial charge in [0.15, 0.2) is 0 Å². The minimum atomic E-state index is -0.906. The third kappa shape index (κ3) is 3.00. The van der Waals surface area contributed by atoms with E-state index in [4.69, 9.17) is 9.84 Å². The van der Waals surface area contributed by atoms with Gasteiger partial charge in [0.25, 0.3) is 0 Å². The van der Waals surface area contributed by atoms with Gasteiger partial charge in [-0.2, -0.15) is 0 Å². The fraction of sp³-hybridized carbons (Fsp3) is 0.846. The van der Waals surface area contributed by atoms with Crippen LogP contribution in [0.5, 0.6) is 0 Å². The van der Waals surface area contributed by atoms with E-state index >= 15 is 0 Å². The summed E-state index contributed by atoms with van der Waals surface area (Å²) in [7, 11) is 1.64. The number of carboxylic acids is 1. The van der Waals surface area contributed by atoms with Gasteiger partial charge in [0.2, 0.25) is 0 Å². The fourth-order valence-electron chi connectivity index (χ4n) is 2.93. The third-order valence-corrected chi connectivity index (χ3v) is 4.36. The smallest absolute Gasteiger partial charge is 0.317 e. The van der Waals surface area contributed by atoms with Crippen LogP contribution in [0, 0.1) is 11.8 Å². The van der Waals surface area contributed by atoms with Crippen LogP contribution in [0.1, 0.15) is 26.2 Å². The predicted molar refractivity (Wildman–Crippen MR) is 68.8 cm³/mol. The number of nitrogens with zero attached hydrogens (tertiary/aromatic N) is 1. The molecule has 2 rings (SSSR count). The van der Waals surface area contributed by atoms with Gasteiger partial charge >= 0.3 is 12.0 Å². The van der Waals surface area contributed by atoms with Gasteiger partial charge in [0.1, 0.15) is 5.92 Å². The van der Waals surface area contributed by atoms with Crippen LogP contribution in [-0.4, -0.2) is 54.4 Å². The van der Waals surface area contributed by atoms with E-state index in [0.29, 0.717) is 12.5 Å². The molecule has 0 bridgehead atoms. The minimum Gasteiger partial charge on any atom is -0.481 e. The molecule has 19 heavy (non-hydrogen) atoms. The average molecular weight is 270 g/mol. The highest BCUT2D eigenvalue weighted by Crippen LogP contribution is 2.25. The van der Waals surface area contributed by atoms with Gasteiger partial charge in [0, 0.05) is 13.1 Å². The van der Waals surface area contributed by atoms with E-state index in [1.807, 2.05) is 0 Å². The van der Waals surface area contributed by atoms with Crippen LogP contribution in [0.15, 0.2) is 0 Å². The Bertz CT molecular complexity index is 361. The second kappa shape index (κ2) is 5.77. The minimum absolute atomic E-state index is 0.178. The molecule has 1 aliphatic heterocycles. The Hall–Kier alpha value is -1.30. The number of likely N-dealkylation sites (N-methyl/N-ethyl adjacent to an activating group) is 1. The summed E-state index contributed by atoms with van der Waals surface area (Å²) in [4.78, 5) is 24.7. The first-order valence-electron chi connectivity index (χ1n) is 6.84. The Morgan fingerprint density at radius 1 is 1.32 bits per heavy atom. The van der Waals surface area contributed by atoms with Crippen molar-refractivity contribution >= 4 is 12.0 Å². The molecule has 0 radical (unpaired) electrons. The van der Waals surface area contributed by atoms with Crippen molar-refractivity contribution in [3.63, 3.8) is 0 Å². The maximum absolute atomic E-state index is 12.2. The van der Waals surface area contributed by atoms with E-state index in [0.717, 1.165) is 19.3 Å². The Balaban J connectivity index is 1.93. The number of rotatable bonds is 3. The maximum atomic E-state index is 12.2. The number of amides is 2. The molecule has 0 aromatic rings. The molecular weight excluding hydrogens is 248 g/mol. The lowest BCUT2D eigenvalue weighted by molar-refractivity contribution is -0.142. The van der Waals surface area contributed by atoms with Crippen LogP contribution in [-0.2, 0) is 9.53 Å². The fourth-order valence-corrected chi connectivity index (χ4v) is 2.93. The second-order valence-electron chi connectivity index (χ2n) is 5.62. The molecule has 6 nitrogen and oxygen atoms in total. The van der Waals surface area contributed by atoms with Crippen LogP contribution in [0.25, 0.3) is 0 Å². The molecule has 6 heteroatoms. The lowest BCUT2D eigenvalue weighted by Gasteiger charge is -2.29. The van der Waals surface area contributed by atoms with Crippen LogP contribution in [0.3, 0.4) is 0 Å². The molecule has 2 aliphatic rings. The summed E-state index contributed by atoms with van der Waals surface area (Å²) < 4.78 is 5.19. The molecule has 0 spiro atoms. The van der Waals surface area contributed by atoms with Gasteiger partial charge in [-0.25, -0.2) is 4.79 Å². The summed E-state index contributed by atoms with van der Waals surface area (Å²) in [6.07, 6.45) is 3.28. The Morgan fingerprint density at radius 2 is 2.05 bits per heavy atom. The Labute approximate surface area is 113 Å². The van der Waals surface area contributed by atoms with E-state index < -0.39 is 11.9 Å². The zero-order valence-electron chi connectivity index (χ0n) is 11.5. The number of carboxylic acid groups (broad SMARTS) is 1.